The topological polar surface area (TPSA) is 26.3 Å². The van der Waals surface area contributed by atoms with Crippen molar-refractivity contribution < 1.29 is 9.53 Å². The van der Waals surface area contributed by atoms with Crippen LogP contribution >= 0.6 is 23.2 Å². The van der Waals surface area contributed by atoms with Crippen molar-refractivity contribution in [3.05, 3.63) is 33.8 Å². The minimum Gasteiger partial charge on any atom is -0.465 e. The van der Waals surface area contributed by atoms with Gasteiger partial charge in [-0.3, -0.25) is 4.79 Å². The monoisotopic (exact) mass is 260 g/mol. The molecule has 2 nitrogen and oxygen atoms in total. The number of halogens is 2. The van der Waals surface area contributed by atoms with Crippen LogP contribution in [-0.2, 0) is 14.9 Å². The molecule has 0 N–H and O–H groups in total. The molecule has 0 heterocycles. The van der Waals surface area contributed by atoms with Crippen LogP contribution in [0.3, 0.4) is 0 Å². The predicted molar refractivity (Wildman–Crippen MR) is 66.1 cm³/mol. The van der Waals surface area contributed by atoms with E-state index in [4.69, 9.17) is 27.9 Å². The Hall–Kier alpha value is -0.730. The average Bonchev–Trinajstić information content (AvgIpc) is 2.16. The maximum absolute atomic E-state index is 11.8. The van der Waals surface area contributed by atoms with Gasteiger partial charge in [-0.15, -0.1) is 0 Å². The maximum atomic E-state index is 11.8. The van der Waals surface area contributed by atoms with E-state index in [2.05, 4.69) is 0 Å². The van der Waals surface area contributed by atoms with Crippen molar-refractivity contribution >= 4 is 29.2 Å². The van der Waals surface area contributed by atoms with E-state index in [1.807, 2.05) is 0 Å². The molecule has 0 bridgehead atoms. The molecule has 0 aliphatic rings. The standard InChI is InChI=1S/C12H14Cl2O2/c1-4-16-11(15)12(2,3)8-5-9(13)7-10(14)6-8/h5-7H,4H2,1-3H3. The molecule has 0 amide bonds. The van der Waals surface area contributed by atoms with Gasteiger partial charge in [0, 0.05) is 10.0 Å². The number of carbonyl (C=O) groups is 1. The van der Waals surface area contributed by atoms with Gasteiger partial charge in [0.1, 0.15) is 0 Å². The number of hydrogen-bond acceptors (Lipinski definition) is 2. The normalized spacial score (nSPS) is 11.3. The van der Waals surface area contributed by atoms with E-state index in [1.54, 1.807) is 39.0 Å². The molecule has 0 aliphatic heterocycles. The molecule has 88 valence electrons. The fourth-order valence-electron chi connectivity index (χ4n) is 1.34. The van der Waals surface area contributed by atoms with E-state index in [-0.39, 0.29) is 5.97 Å². The van der Waals surface area contributed by atoms with Gasteiger partial charge in [-0.1, -0.05) is 23.2 Å². The first-order valence-corrected chi connectivity index (χ1v) is 5.77. The minimum atomic E-state index is -0.745. The molecular weight excluding hydrogens is 247 g/mol. The van der Waals surface area contributed by atoms with E-state index < -0.39 is 5.41 Å². The Morgan fingerprint density at radius 3 is 2.19 bits per heavy atom. The quantitative estimate of drug-likeness (QED) is 0.773. The van der Waals surface area contributed by atoms with Crippen LogP contribution in [0.4, 0.5) is 0 Å². The highest BCUT2D eigenvalue weighted by Crippen LogP contribution is 2.30. The number of ether oxygens (including phenoxy) is 1. The van der Waals surface area contributed by atoms with Gasteiger partial charge in [-0.05, 0) is 44.5 Å². The molecule has 0 spiro atoms. The third kappa shape index (κ3) is 2.89. The summed E-state index contributed by atoms with van der Waals surface area (Å²) in [5.41, 5.74) is 0.00771. The molecule has 0 unspecified atom stereocenters. The highest BCUT2D eigenvalue weighted by atomic mass is 35.5. The molecule has 0 aromatic heterocycles. The summed E-state index contributed by atoms with van der Waals surface area (Å²) in [7, 11) is 0. The fourth-order valence-corrected chi connectivity index (χ4v) is 1.87. The van der Waals surface area contributed by atoms with Crippen LogP contribution in [0.1, 0.15) is 26.3 Å². The third-order valence-electron chi connectivity index (χ3n) is 2.37. The fraction of sp³-hybridized carbons (Fsp3) is 0.417. The summed E-state index contributed by atoms with van der Waals surface area (Å²) in [6.45, 7) is 5.70. The van der Waals surface area contributed by atoms with Crippen molar-refractivity contribution in [1.82, 2.24) is 0 Å². The van der Waals surface area contributed by atoms with Crippen LogP contribution < -0.4 is 0 Å². The molecule has 0 fully saturated rings. The summed E-state index contributed by atoms with van der Waals surface area (Å²) in [6.07, 6.45) is 0. The van der Waals surface area contributed by atoms with E-state index in [0.717, 1.165) is 5.56 Å². The molecule has 0 saturated heterocycles. The van der Waals surface area contributed by atoms with E-state index in [0.29, 0.717) is 16.7 Å². The van der Waals surface area contributed by atoms with Crippen molar-refractivity contribution in [3.63, 3.8) is 0 Å². The first-order chi connectivity index (χ1) is 7.37. The van der Waals surface area contributed by atoms with Crippen LogP contribution in [0.25, 0.3) is 0 Å². The largest absolute Gasteiger partial charge is 0.465 e. The second kappa shape index (κ2) is 5.07. The van der Waals surface area contributed by atoms with Gasteiger partial charge in [0.25, 0.3) is 0 Å². The number of hydrogen-bond donors (Lipinski definition) is 0. The molecule has 16 heavy (non-hydrogen) atoms. The lowest BCUT2D eigenvalue weighted by molar-refractivity contribution is -0.148. The summed E-state index contributed by atoms with van der Waals surface area (Å²) < 4.78 is 5.02. The number of carbonyl (C=O) groups excluding carboxylic acids is 1. The van der Waals surface area contributed by atoms with Gasteiger partial charge in [0.05, 0.1) is 12.0 Å². The maximum Gasteiger partial charge on any atom is 0.315 e. The summed E-state index contributed by atoms with van der Waals surface area (Å²) in [6, 6.07) is 5.09. The van der Waals surface area contributed by atoms with Gasteiger partial charge in [0.2, 0.25) is 0 Å². The van der Waals surface area contributed by atoms with Crippen LogP contribution in [0.5, 0.6) is 0 Å². The molecule has 0 aliphatic carbocycles. The van der Waals surface area contributed by atoms with E-state index >= 15 is 0 Å². The Bertz CT molecular complexity index is 380. The highest BCUT2D eigenvalue weighted by Gasteiger charge is 2.31. The van der Waals surface area contributed by atoms with Crippen molar-refractivity contribution in [2.45, 2.75) is 26.2 Å². The van der Waals surface area contributed by atoms with Crippen LogP contribution in [0.15, 0.2) is 18.2 Å². The molecule has 0 radical (unpaired) electrons. The SMILES string of the molecule is CCOC(=O)C(C)(C)c1cc(Cl)cc(Cl)c1. The first-order valence-electron chi connectivity index (χ1n) is 5.01. The van der Waals surface area contributed by atoms with Gasteiger partial charge in [-0.25, -0.2) is 0 Å². The molecule has 1 rings (SSSR count). The van der Waals surface area contributed by atoms with E-state index in [1.165, 1.54) is 0 Å². The van der Waals surface area contributed by atoms with Gasteiger partial charge in [0.15, 0.2) is 0 Å². The number of benzene rings is 1. The summed E-state index contributed by atoms with van der Waals surface area (Å²) in [4.78, 5) is 11.8. The molecular formula is C12H14Cl2O2. The lowest BCUT2D eigenvalue weighted by atomic mass is 9.85. The second-order valence-electron chi connectivity index (χ2n) is 4.00. The molecule has 0 atom stereocenters. The second-order valence-corrected chi connectivity index (χ2v) is 4.88. The first kappa shape index (κ1) is 13.3. The Balaban J connectivity index is 3.10. The van der Waals surface area contributed by atoms with Crippen molar-refractivity contribution in [2.24, 2.45) is 0 Å². The summed E-state index contributed by atoms with van der Waals surface area (Å²) in [5, 5.41) is 1.03. The van der Waals surface area contributed by atoms with Crippen molar-refractivity contribution in [3.8, 4) is 0 Å². The van der Waals surface area contributed by atoms with Gasteiger partial charge in [-0.2, -0.15) is 0 Å². The zero-order valence-electron chi connectivity index (χ0n) is 9.51. The Morgan fingerprint density at radius 2 is 1.75 bits per heavy atom. The lowest BCUT2D eigenvalue weighted by Crippen LogP contribution is -2.31. The number of rotatable bonds is 3. The van der Waals surface area contributed by atoms with Crippen LogP contribution in [-0.4, -0.2) is 12.6 Å². The Kier molecular flexibility index (Phi) is 4.22. The zero-order valence-corrected chi connectivity index (χ0v) is 11.0. The summed E-state index contributed by atoms with van der Waals surface area (Å²) in [5.74, 6) is -0.284. The molecule has 0 saturated carbocycles. The lowest BCUT2D eigenvalue weighted by Gasteiger charge is -2.23. The minimum absolute atomic E-state index is 0.284. The van der Waals surface area contributed by atoms with E-state index in [9.17, 15) is 4.79 Å². The third-order valence-corrected chi connectivity index (χ3v) is 2.81. The van der Waals surface area contributed by atoms with Crippen molar-refractivity contribution in [1.29, 1.82) is 0 Å². The number of esters is 1. The van der Waals surface area contributed by atoms with Crippen LogP contribution in [0.2, 0.25) is 10.0 Å². The molecule has 1 aromatic rings. The summed E-state index contributed by atoms with van der Waals surface area (Å²) >= 11 is 11.8. The smallest absolute Gasteiger partial charge is 0.315 e. The van der Waals surface area contributed by atoms with Gasteiger partial charge >= 0.3 is 5.97 Å². The Labute approximate surface area is 106 Å². The molecule has 1 aromatic carbocycles. The van der Waals surface area contributed by atoms with Crippen molar-refractivity contribution in [2.75, 3.05) is 6.61 Å². The average molecular weight is 261 g/mol. The predicted octanol–water partition coefficient (Wildman–Crippen LogP) is 3.83. The zero-order chi connectivity index (χ0) is 12.3. The molecule has 4 heteroatoms. The Morgan fingerprint density at radius 1 is 1.25 bits per heavy atom. The van der Waals surface area contributed by atoms with Gasteiger partial charge < -0.3 is 4.74 Å². The highest BCUT2D eigenvalue weighted by molar-refractivity contribution is 6.34. The van der Waals surface area contributed by atoms with Crippen LogP contribution in [0, 0.1) is 0 Å².